The number of benzene rings is 2. The number of hydrogen-bond acceptors (Lipinski definition) is 6. The standard InChI is InChI=1S/C26H34N2O5S/c1-26(2,3)33-25(31)27-22(17-20-11-7-5-8-12-20)24(30)28(18-23(29)32-4)15-16-34-19-21-13-9-6-10-14-21/h5-14,22H,15-19H2,1-4H3,(H,27,31). The molecule has 2 aromatic rings. The second kappa shape index (κ2) is 13.6. The average molecular weight is 487 g/mol. The van der Waals surface area contributed by atoms with E-state index in [0.717, 1.165) is 11.3 Å². The fourth-order valence-electron chi connectivity index (χ4n) is 3.15. The summed E-state index contributed by atoms with van der Waals surface area (Å²) >= 11 is 1.67. The highest BCUT2D eigenvalue weighted by molar-refractivity contribution is 7.98. The van der Waals surface area contributed by atoms with Gasteiger partial charge in [-0.25, -0.2) is 4.79 Å². The molecule has 0 fully saturated rings. The van der Waals surface area contributed by atoms with E-state index in [0.29, 0.717) is 12.3 Å². The third-order valence-electron chi connectivity index (χ3n) is 4.75. The number of thioether (sulfide) groups is 1. The maximum absolute atomic E-state index is 13.5. The summed E-state index contributed by atoms with van der Waals surface area (Å²) in [7, 11) is 1.29. The van der Waals surface area contributed by atoms with E-state index in [1.165, 1.54) is 17.6 Å². The van der Waals surface area contributed by atoms with Gasteiger partial charge in [-0.05, 0) is 31.9 Å². The van der Waals surface area contributed by atoms with Gasteiger partial charge < -0.3 is 19.7 Å². The van der Waals surface area contributed by atoms with Gasteiger partial charge in [0.1, 0.15) is 18.2 Å². The van der Waals surface area contributed by atoms with Gasteiger partial charge in [-0.1, -0.05) is 60.7 Å². The highest BCUT2D eigenvalue weighted by atomic mass is 32.2. The Morgan fingerprint density at radius 2 is 1.56 bits per heavy atom. The molecule has 1 N–H and O–H groups in total. The molecule has 1 unspecified atom stereocenters. The Morgan fingerprint density at radius 3 is 2.12 bits per heavy atom. The number of hydrogen-bond donors (Lipinski definition) is 1. The molecule has 0 spiro atoms. The van der Waals surface area contributed by atoms with Crippen molar-refractivity contribution in [2.45, 2.75) is 44.6 Å². The summed E-state index contributed by atoms with van der Waals surface area (Å²) in [6.07, 6.45) is -0.411. The van der Waals surface area contributed by atoms with Crippen LogP contribution in [0.1, 0.15) is 31.9 Å². The van der Waals surface area contributed by atoms with Crippen LogP contribution in [0.25, 0.3) is 0 Å². The number of amides is 2. The molecule has 0 heterocycles. The van der Waals surface area contributed by atoms with Crippen molar-refractivity contribution in [1.82, 2.24) is 10.2 Å². The van der Waals surface area contributed by atoms with E-state index < -0.39 is 23.7 Å². The van der Waals surface area contributed by atoms with Gasteiger partial charge in [-0.15, -0.1) is 0 Å². The number of carbonyl (C=O) groups excluding carboxylic acids is 3. The molecule has 0 aliphatic rings. The number of carbonyl (C=O) groups is 3. The lowest BCUT2D eigenvalue weighted by Gasteiger charge is -2.28. The van der Waals surface area contributed by atoms with Gasteiger partial charge in [0, 0.05) is 24.5 Å². The molecule has 2 rings (SSSR count). The third-order valence-corrected chi connectivity index (χ3v) is 5.76. The van der Waals surface area contributed by atoms with Crippen LogP contribution < -0.4 is 5.32 Å². The quantitative estimate of drug-likeness (QED) is 0.381. The number of esters is 1. The van der Waals surface area contributed by atoms with Crippen molar-refractivity contribution >= 4 is 29.7 Å². The normalized spacial score (nSPS) is 11.9. The molecule has 0 radical (unpaired) electrons. The van der Waals surface area contributed by atoms with Gasteiger partial charge in [0.25, 0.3) is 0 Å². The molecule has 0 saturated heterocycles. The van der Waals surface area contributed by atoms with Crippen LogP contribution in [-0.4, -0.2) is 60.5 Å². The fourth-order valence-corrected chi connectivity index (χ4v) is 4.07. The third kappa shape index (κ3) is 10.3. The molecule has 2 amide bonds. The lowest BCUT2D eigenvalue weighted by atomic mass is 10.0. The van der Waals surface area contributed by atoms with Crippen molar-refractivity contribution < 1.29 is 23.9 Å². The van der Waals surface area contributed by atoms with Crippen molar-refractivity contribution in [3.63, 3.8) is 0 Å². The van der Waals surface area contributed by atoms with E-state index in [9.17, 15) is 14.4 Å². The highest BCUT2D eigenvalue weighted by Gasteiger charge is 2.29. The summed E-state index contributed by atoms with van der Waals surface area (Å²) in [4.78, 5) is 39.5. The van der Waals surface area contributed by atoms with Crippen LogP contribution in [0, 0.1) is 0 Å². The largest absolute Gasteiger partial charge is 0.468 e. The summed E-state index contributed by atoms with van der Waals surface area (Å²) in [5.41, 5.74) is 1.37. The summed E-state index contributed by atoms with van der Waals surface area (Å²) in [6.45, 7) is 5.42. The maximum atomic E-state index is 13.5. The number of alkyl carbamates (subject to hydrolysis) is 1. The van der Waals surface area contributed by atoms with Crippen molar-refractivity contribution in [1.29, 1.82) is 0 Å². The topological polar surface area (TPSA) is 84.9 Å². The van der Waals surface area contributed by atoms with E-state index in [1.54, 1.807) is 32.5 Å². The monoisotopic (exact) mass is 486 g/mol. The van der Waals surface area contributed by atoms with Crippen LogP contribution in [0.4, 0.5) is 4.79 Å². The van der Waals surface area contributed by atoms with E-state index in [-0.39, 0.29) is 18.9 Å². The van der Waals surface area contributed by atoms with Crippen LogP contribution in [0.15, 0.2) is 60.7 Å². The van der Waals surface area contributed by atoms with Crippen LogP contribution in [0.3, 0.4) is 0 Å². The lowest BCUT2D eigenvalue weighted by Crippen LogP contribution is -2.52. The molecule has 0 aliphatic heterocycles. The van der Waals surface area contributed by atoms with Crippen LogP contribution >= 0.6 is 11.8 Å². The summed E-state index contributed by atoms with van der Waals surface area (Å²) in [5, 5.41) is 2.70. The second-order valence-electron chi connectivity index (χ2n) is 8.76. The minimum absolute atomic E-state index is 0.192. The number of nitrogens with one attached hydrogen (secondary N) is 1. The number of nitrogens with zero attached hydrogens (tertiary/aromatic N) is 1. The van der Waals surface area contributed by atoms with Crippen LogP contribution in [0.2, 0.25) is 0 Å². The smallest absolute Gasteiger partial charge is 0.408 e. The Morgan fingerprint density at radius 1 is 0.971 bits per heavy atom. The van der Waals surface area contributed by atoms with Gasteiger partial charge in [0.15, 0.2) is 0 Å². The zero-order valence-corrected chi connectivity index (χ0v) is 21.1. The van der Waals surface area contributed by atoms with Crippen molar-refractivity contribution in [2.75, 3.05) is 26.0 Å². The number of rotatable bonds is 11. The summed E-state index contributed by atoms with van der Waals surface area (Å²) < 4.78 is 10.2. The molecule has 0 bridgehead atoms. The molecule has 1 atom stereocenters. The van der Waals surface area contributed by atoms with Gasteiger partial charge in [0.05, 0.1) is 7.11 Å². The maximum Gasteiger partial charge on any atom is 0.408 e. The first-order valence-electron chi connectivity index (χ1n) is 11.2. The Labute approximate surface area is 206 Å². The highest BCUT2D eigenvalue weighted by Crippen LogP contribution is 2.14. The van der Waals surface area contributed by atoms with E-state index in [1.807, 2.05) is 60.7 Å². The van der Waals surface area contributed by atoms with Crippen LogP contribution in [-0.2, 0) is 31.2 Å². The predicted molar refractivity (Wildman–Crippen MR) is 135 cm³/mol. The van der Waals surface area contributed by atoms with Gasteiger partial charge in [0.2, 0.25) is 5.91 Å². The molecule has 8 heteroatoms. The number of methoxy groups -OCH3 is 1. The van der Waals surface area contributed by atoms with Crippen LogP contribution in [0.5, 0.6) is 0 Å². The Hall–Kier alpha value is -3.00. The van der Waals surface area contributed by atoms with Gasteiger partial charge >= 0.3 is 12.1 Å². The Balaban J connectivity index is 2.12. The van der Waals surface area contributed by atoms with Crippen molar-refractivity contribution in [3.8, 4) is 0 Å². The second-order valence-corrected chi connectivity index (χ2v) is 9.87. The zero-order chi connectivity index (χ0) is 25.0. The molecule has 0 saturated carbocycles. The summed E-state index contributed by atoms with van der Waals surface area (Å²) in [6, 6.07) is 18.5. The first-order valence-corrected chi connectivity index (χ1v) is 12.3. The molecular weight excluding hydrogens is 452 g/mol. The van der Waals surface area contributed by atoms with Crippen molar-refractivity contribution in [2.24, 2.45) is 0 Å². The lowest BCUT2D eigenvalue weighted by molar-refractivity contribution is -0.147. The molecule has 2 aromatic carbocycles. The van der Waals surface area contributed by atoms with Crippen molar-refractivity contribution in [3.05, 3.63) is 71.8 Å². The Kier molecular flexibility index (Phi) is 10.9. The average Bonchev–Trinajstić information content (AvgIpc) is 2.80. The first-order chi connectivity index (χ1) is 16.2. The minimum atomic E-state index is -0.888. The SMILES string of the molecule is COC(=O)CN(CCSCc1ccccc1)C(=O)C(Cc1ccccc1)NC(=O)OC(C)(C)C. The molecular formula is C26H34N2O5S. The molecule has 7 nitrogen and oxygen atoms in total. The predicted octanol–water partition coefficient (Wildman–Crippen LogP) is 4.06. The van der Waals surface area contributed by atoms with E-state index in [2.05, 4.69) is 5.32 Å². The first kappa shape index (κ1) is 27.2. The number of ether oxygens (including phenoxy) is 2. The molecule has 184 valence electrons. The minimum Gasteiger partial charge on any atom is -0.468 e. The fraction of sp³-hybridized carbons (Fsp3) is 0.423. The molecule has 0 aliphatic carbocycles. The van der Waals surface area contributed by atoms with E-state index >= 15 is 0 Å². The Bertz CT molecular complexity index is 916. The molecule has 0 aromatic heterocycles. The van der Waals surface area contributed by atoms with Gasteiger partial charge in [-0.2, -0.15) is 11.8 Å². The van der Waals surface area contributed by atoms with E-state index in [4.69, 9.17) is 9.47 Å². The van der Waals surface area contributed by atoms with Gasteiger partial charge in [-0.3, -0.25) is 9.59 Å². The zero-order valence-electron chi connectivity index (χ0n) is 20.3. The summed E-state index contributed by atoms with van der Waals surface area (Å²) in [5.74, 6) is 0.546. The molecule has 34 heavy (non-hydrogen) atoms.